The van der Waals surface area contributed by atoms with Crippen LogP contribution in [0.5, 0.6) is 5.75 Å². The number of nitrogens with zero attached hydrogens (tertiary/aromatic N) is 2. The predicted molar refractivity (Wildman–Crippen MR) is 140 cm³/mol. The molecule has 0 radical (unpaired) electrons. The van der Waals surface area contributed by atoms with E-state index in [9.17, 15) is 4.79 Å². The summed E-state index contributed by atoms with van der Waals surface area (Å²) in [5.41, 5.74) is 4.01. The number of hydrogen-bond donors (Lipinski definition) is 0. The molecule has 6 heteroatoms. The molecular formula is C27H22N2O2S2. The molecule has 1 amide bonds. The minimum atomic E-state index is -0.108. The molecule has 5 rings (SSSR count). The van der Waals surface area contributed by atoms with Crippen molar-refractivity contribution in [2.45, 2.75) is 20.5 Å². The zero-order valence-electron chi connectivity index (χ0n) is 18.3. The van der Waals surface area contributed by atoms with E-state index in [0.29, 0.717) is 15.8 Å². The average Bonchev–Trinajstić information content (AvgIpc) is 3.29. The summed E-state index contributed by atoms with van der Waals surface area (Å²) in [7, 11) is 0. The summed E-state index contributed by atoms with van der Waals surface area (Å²) < 4.78 is 8.43. The number of carbonyl (C=O) groups is 1. The number of thioether (sulfide) groups is 1. The topological polar surface area (TPSA) is 34.5 Å². The van der Waals surface area contributed by atoms with Crippen molar-refractivity contribution in [3.8, 4) is 5.75 Å². The first-order chi connectivity index (χ1) is 16.0. The molecule has 1 aliphatic heterocycles. The minimum Gasteiger partial charge on any atom is -0.489 e. The molecular weight excluding hydrogens is 448 g/mol. The molecule has 4 aromatic rings. The summed E-state index contributed by atoms with van der Waals surface area (Å²) in [5, 5.41) is 3.97. The van der Waals surface area contributed by atoms with E-state index in [4.69, 9.17) is 17.0 Å². The van der Waals surface area contributed by atoms with Crippen LogP contribution in [0.1, 0.15) is 22.5 Å². The normalized spacial score (nSPS) is 15.1. The maximum Gasteiger partial charge on any atom is 0.285 e. The number of aromatic nitrogens is 1. The average molecular weight is 471 g/mol. The Balaban J connectivity index is 1.31. The van der Waals surface area contributed by atoms with Crippen LogP contribution >= 0.6 is 24.0 Å². The molecule has 0 spiro atoms. The highest BCUT2D eigenvalue weighted by atomic mass is 32.2. The Labute approximate surface area is 202 Å². The van der Waals surface area contributed by atoms with E-state index in [1.165, 1.54) is 22.5 Å². The van der Waals surface area contributed by atoms with Crippen molar-refractivity contribution in [2.75, 3.05) is 5.01 Å². The summed E-state index contributed by atoms with van der Waals surface area (Å²) >= 11 is 6.82. The van der Waals surface area contributed by atoms with Gasteiger partial charge < -0.3 is 4.74 Å². The Hall–Kier alpha value is -3.35. The van der Waals surface area contributed by atoms with Gasteiger partial charge >= 0.3 is 0 Å². The molecule has 1 fully saturated rings. The van der Waals surface area contributed by atoms with Gasteiger partial charge in [0, 0.05) is 11.4 Å². The van der Waals surface area contributed by atoms with Crippen LogP contribution in [0.3, 0.4) is 0 Å². The van der Waals surface area contributed by atoms with E-state index in [1.807, 2.05) is 73.1 Å². The Morgan fingerprint density at radius 2 is 1.61 bits per heavy atom. The second-order valence-electron chi connectivity index (χ2n) is 7.92. The lowest BCUT2D eigenvalue weighted by atomic mass is 10.1. The number of hydrogen-bond acceptors (Lipinski definition) is 4. The summed E-state index contributed by atoms with van der Waals surface area (Å²) in [5.74, 6) is 0.676. The third kappa shape index (κ3) is 4.19. The maximum absolute atomic E-state index is 13.1. The van der Waals surface area contributed by atoms with Gasteiger partial charge in [0.25, 0.3) is 5.91 Å². The lowest BCUT2D eigenvalue weighted by molar-refractivity contribution is -0.114. The largest absolute Gasteiger partial charge is 0.489 e. The fourth-order valence-corrected chi connectivity index (χ4v) is 5.24. The number of carbonyl (C=O) groups excluding carboxylic acids is 1. The minimum absolute atomic E-state index is 0.108. The van der Waals surface area contributed by atoms with Crippen LogP contribution in [0.25, 0.3) is 16.8 Å². The highest BCUT2D eigenvalue weighted by Gasteiger charge is 2.34. The Kier molecular flexibility index (Phi) is 5.79. The third-order valence-corrected chi connectivity index (χ3v) is 6.94. The molecule has 0 saturated carbocycles. The highest BCUT2D eigenvalue weighted by Crippen LogP contribution is 2.33. The number of aryl methyl sites for hydroxylation is 2. The van der Waals surface area contributed by atoms with Crippen molar-refractivity contribution in [3.05, 3.63) is 106 Å². The molecule has 0 aliphatic carbocycles. The van der Waals surface area contributed by atoms with Crippen LogP contribution in [-0.2, 0) is 11.4 Å². The van der Waals surface area contributed by atoms with Crippen molar-refractivity contribution in [3.63, 3.8) is 0 Å². The molecule has 4 nitrogen and oxygen atoms in total. The highest BCUT2D eigenvalue weighted by molar-refractivity contribution is 8.27. The lowest BCUT2D eigenvalue weighted by Crippen LogP contribution is -2.39. The van der Waals surface area contributed by atoms with Crippen molar-refractivity contribution in [1.29, 1.82) is 0 Å². The van der Waals surface area contributed by atoms with Crippen molar-refractivity contribution in [1.82, 2.24) is 4.68 Å². The fraction of sp³-hybridized carbons (Fsp3) is 0.111. The van der Waals surface area contributed by atoms with Crippen LogP contribution in [0.15, 0.2) is 83.8 Å². The summed E-state index contributed by atoms with van der Waals surface area (Å²) in [6.07, 6.45) is 1.88. The smallest absolute Gasteiger partial charge is 0.285 e. The molecule has 1 saturated heterocycles. The van der Waals surface area contributed by atoms with Gasteiger partial charge in [-0.2, -0.15) is 5.01 Å². The number of thiocarbonyl (C=S) groups is 1. The van der Waals surface area contributed by atoms with Gasteiger partial charge in [0.15, 0.2) is 4.32 Å². The predicted octanol–water partition coefficient (Wildman–Crippen LogP) is 6.37. The number of benzene rings is 3. The van der Waals surface area contributed by atoms with Gasteiger partial charge in [-0.15, -0.1) is 0 Å². The maximum atomic E-state index is 13.1. The molecule has 1 aromatic heterocycles. The van der Waals surface area contributed by atoms with Gasteiger partial charge in [-0.3, -0.25) is 9.47 Å². The van der Waals surface area contributed by atoms with Crippen LogP contribution < -0.4 is 9.75 Å². The van der Waals surface area contributed by atoms with Crippen molar-refractivity contribution < 1.29 is 9.53 Å². The molecule has 164 valence electrons. The van der Waals surface area contributed by atoms with Crippen LogP contribution in [0, 0.1) is 13.8 Å². The van der Waals surface area contributed by atoms with E-state index < -0.39 is 0 Å². The van der Waals surface area contributed by atoms with E-state index in [1.54, 1.807) is 5.01 Å². The van der Waals surface area contributed by atoms with Gasteiger partial charge in [0.05, 0.1) is 4.91 Å². The first kappa shape index (κ1) is 21.5. The van der Waals surface area contributed by atoms with E-state index in [-0.39, 0.29) is 5.91 Å². The zero-order valence-corrected chi connectivity index (χ0v) is 20.0. The van der Waals surface area contributed by atoms with Crippen LogP contribution in [-0.4, -0.2) is 14.9 Å². The SMILES string of the molecule is Cc1ccc(C)n1N1C(=O)/C(=C\c2ccc(OCc3cccc4ccccc34)cc2)SC1=S. The van der Waals surface area contributed by atoms with E-state index in [2.05, 4.69) is 30.3 Å². The second-order valence-corrected chi connectivity index (χ2v) is 9.59. The van der Waals surface area contributed by atoms with E-state index in [0.717, 1.165) is 28.3 Å². The van der Waals surface area contributed by atoms with Crippen LogP contribution in [0.2, 0.25) is 0 Å². The standard InChI is InChI=1S/C27H22N2O2S2/c1-18-10-11-19(2)28(18)29-26(30)25(33-27(29)32)16-20-12-14-23(15-13-20)31-17-22-8-5-7-21-6-3-4-9-24(21)22/h3-16H,17H2,1-2H3/b25-16+. The Bertz CT molecular complexity index is 1380. The van der Waals surface area contributed by atoms with Crippen LogP contribution in [0.4, 0.5) is 0 Å². The molecule has 2 heterocycles. The third-order valence-electron chi connectivity index (χ3n) is 5.66. The Morgan fingerprint density at radius 3 is 2.36 bits per heavy atom. The van der Waals surface area contributed by atoms with Gasteiger partial charge in [-0.1, -0.05) is 66.4 Å². The molecule has 33 heavy (non-hydrogen) atoms. The molecule has 1 aliphatic rings. The lowest BCUT2D eigenvalue weighted by Gasteiger charge is -2.20. The quantitative estimate of drug-likeness (QED) is 0.251. The number of amides is 1. The summed E-state index contributed by atoms with van der Waals surface area (Å²) in [6.45, 7) is 4.42. The first-order valence-electron chi connectivity index (χ1n) is 10.6. The zero-order chi connectivity index (χ0) is 22.9. The molecule has 0 bridgehead atoms. The Morgan fingerprint density at radius 1 is 0.909 bits per heavy atom. The summed E-state index contributed by atoms with van der Waals surface area (Å²) in [6, 6.07) is 26.3. The van der Waals surface area contributed by atoms with Gasteiger partial charge in [-0.05, 0) is 78.3 Å². The molecule has 3 aromatic carbocycles. The number of rotatable bonds is 5. The second kappa shape index (κ2) is 8.89. The van der Waals surface area contributed by atoms with Gasteiger partial charge in [-0.25, -0.2) is 0 Å². The molecule has 0 N–H and O–H groups in total. The first-order valence-corrected chi connectivity index (χ1v) is 11.9. The van der Waals surface area contributed by atoms with Gasteiger partial charge in [0.2, 0.25) is 0 Å². The van der Waals surface area contributed by atoms with Gasteiger partial charge in [0.1, 0.15) is 12.4 Å². The summed E-state index contributed by atoms with van der Waals surface area (Å²) in [4.78, 5) is 13.7. The molecule has 0 atom stereocenters. The van der Waals surface area contributed by atoms with E-state index >= 15 is 0 Å². The fourth-order valence-electron chi connectivity index (χ4n) is 4.00. The number of fused-ring (bicyclic) bond motifs is 1. The van der Waals surface area contributed by atoms with Crippen molar-refractivity contribution in [2.24, 2.45) is 0 Å². The molecule has 0 unspecified atom stereocenters. The monoisotopic (exact) mass is 470 g/mol. The number of ether oxygens (including phenoxy) is 1. The van der Waals surface area contributed by atoms with Crippen molar-refractivity contribution >= 4 is 51.1 Å².